The van der Waals surface area contributed by atoms with Gasteiger partial charge in [0.1, 0.15) is 0 Å². The lowest BCUT2D eigenvalue weighted by atomic mass is 10.1. The Bertz CT molecular complexity index is 795. The first-order chi connectivity index (χ1) is 13.5. The lowest BCUT2D eigenvalue weighted by molar-refractivity contribution is 0.252. The van der Waals surface area contributed by atoms with Crippen molar-refractivity contribution in [2.75, 3.05) is 26.1 Å². The van der Waals surface area contributed by atoms with Crippen molar-refractivity contribution in [2.24, 2.45) is 0 Å². The maximum absolute atomic E-state index is 12.2. The van der Waals surface area contributed by atoms with Crippen LogP contribution in [0.2, 0.25) is 0 Å². The van der Waals surface area contributed by atoms with Gasteiger partial charge in [0.25, 0.3) is 0 Å². The zero-order chi connectivity index (χ0) is 20.5. The summed E-state index contributed by atoms with van der Waals surface area (Å²) in [4.78, 5) is 13.4. The molecule has 1 unspecified atom stereocenters. The fourth-order valence-corrected chi connectivity index (χ4v) is 3.71. The lowest BCUT2D eigenvalue weighted by Gasteiger charge is -2.13. The van der Waals surface area contributed by atoms with E-state index in [0.717, 1.165) is 23.2 Å². The molecule has 0 aliphatic carbocycles. The first-order valence-corrected chi connectivity index (χ1v) is 10.4. The second kappa shape index (κ2) is 10.9. The van der Waals surface area contributed by atoms with Crippen molar-refractivity contribution in [1.82, 2.24) is 5.32 Å². The van der Waals surface area contributed by atoms with Crippen LogP contribution < -0.4 is 20.1 Å². The van der Waals surface area contributed by atoms with Crippen molar-refractivity contribution in [3.63, 3.8) is 0 Å². The van der Waals surface area contributed by atoms with E-state index in [1.165, 1.54) is 4.90 Å². The van der Waals surface area contributed by atoms with Crippen LogP contribution in [0.1, 0.15) is 31.4 Å². The van der Waals surface area contributed by atoms with Crippen LogP contribution in [0.15, 0.2) is 41.3 Å². The van der Waals surface area contributed by atoms with Gasteiger partial charge in [-0.3, -0.25) is 0 Å². The average molecular weight is 403 g/mol. The molecule has 152 valence electrons. The number of nitrogens with one attached hydrogen (secondary N) is 2. The van der Waals surface area contributed by atoms with E-state index < -0.39 is 0 Å². The van der Waals surface area contributed by atoms with Gasteiger partial charge in [0.2, 0.25) is 0 Å². The Balaban J connectivity index is 1.86. The van der Waals surface area contributed by atoms with Gasteiger partial charge in [0.05, 0.1) is 14.2 Å². The van der Waals surface area contributed by atoms with Crippen molar-refractivity contribution in [2.45, 2.75) is 43.8 Å². The van der Waals surface area contributed by atoms with Gasteiger partial charge in [-0.15, -0.1) is 11.8 Å². The topological polar surface area (TPSA) is 59.6 Å². The summed E-state index contributed by atoms with van der Waals surface area (Å²) in [5.74, 6) is 1.39. The first-order valence-electron chi connectivity index (χ1n) is 9.49. The van der Waals surface area contributed by atoms with Gasteiger partial charge in [-0.1, -0.05) is 19.9 Å². The number of hydrogen-bond acceptors (Lipinski definition) is 4. The highest BCUT2D eigenvalue weighted by Gasteiger charge is 2.08. The minimum absolute atomic E-state index is 0.203. The van der Waals surface area contributed by atoms with Crippen LogP contribution in [0.5, 0.6) is 11.5 Å². The molecule has 2 amide bonds. The van der Waals surface area contributed by atoms with Gasteiger partial charge in [0, 0.05) is 22.4 Å². The fraction of sp³-hybridized carbons (Fsp3) is 0.409. The fourth-order valence-electron chi connectivity index (χ4n) is 2.69. The second-order valence-electron chi connectivity index (χ2n) is 6.63. The van der Waals surface area contributed by atoms with Crippen LogP contribution in [0.25, 0.3) is 0 Å². The molecule has 28 heavy (non-hydrogen) atoms. The number of benzene rings is 2. The summed E-state index contributed by atoms with van der Waals surface area (Å²) in [5, 5.41) is 6.41. The number of thioether (sulfide) groups is 1. The third kappa shape index (κ3) is 6.37. The number of carbonyl (C=O) groups excluding carboxylic acids is 1. The number of hydrogen-bond donors (Lipinski definition) is 2. The average Bonchev–Trinajstić information content (AvgIpc) is 2.69. The maximum atomic E-state index is 12.2. The molecule has 0 aliphatic rings. The highest BCUT2D eigenvalue weighted by molar-refractivity contribution is 7.99. The predicted molar refractivity (Wildman–Crippen MR) is 117 cm³/mol. The zero-order valence-electron chi connectivity index (χ0n) is 17.3. The molecule has 6 heteroatoms. The number of anilines is 1. The number of urea groups is 1. The first kappa shape index (κ1) is 22.0. The number of carbonyl (C=O) groups is 1. The third-order valence-electron chi connectivity index (χ3n) is 4.51. The molecular formula is C22H30N2O3S. The van der Waals surface area contributed by atoms with Gasteiger partial charge >= 0.3 is 6.03 Å². The Morgan fingerprint density at radius 3 is 2.50 bits per heavy atom. The number of amides is 2. The molecule has 2 aromatic rings. The monoisotopic (exact) mass is 402 g/mol. The summed E-state index contributed by atoms with van der Waals surface area (Å²) in [5.41, 5.74) is 2.96. The maximum Gasteiger partial charge on any atom is 0.319 e. The molecule has 1 atom stereocenters. The minimum atomic E-state index is -0.203. The molecule has 0 saturated heterocycles. The summed E-state index contributed by atoms with van der Waals surface area (Å²) < 4.78 is 10.6. The van der Waals surface area contributed by atoms with Gasteiger partial charge in [-0.25, -0.2) is 4.79 Å². The van der Waals surface area contributed by atoms with Crippen molar-refractivity contribution in [1.29, 1.82) is 0 Å². The Hall–Kier alpha value is -2.34. The predicted octanol–water partition coefficient (Wildman–Crippen LogP) is 5.27. The standard InChI is InChI=1S/C22H30N2O3S/c1-6-16(3)28-18-8-9-19(15(2)13-18)24-22(25)23-12-11-17-7-10-20(26-4)21(14-17)27-5/h7-10,13-14,16H,6,11-12H2,1-5H3,(H2,23,24,25). The molecule has 2 N–H and O–H groups in total. The Morgan fingerprint density at radius 1 is 1.11 bits per heavy atom. The van der Waals surface area contributed by atoms with Crippen molar-refractivity contribution < 1.29 is 14.3 Å². The van der Waals surface area contributed by atoms with Gasteiger partial charge in [-0.05, 0) is 61.2 Å². The third-order valence-corrected chi connectivity index (χ3v) is 5.77. The van der Waals surface area contributed by atoms with Crippen LogP contribution in [-0.2, 0) is 6.42 Å². The number of methoxy groups -OCH3 is 2. The number of ether oxygens (including phenoxy) is 2. The summed E-state index contributed by atoms with van der Waals surface area (Å²) in [7, 11) is 3.23. The highest BCUT2D eigenvalue weighted by atomic mass is 32.2. The van der Waals surface area contributed by atoms with Crippen LogP contribution in [0, 0.1) is 6.92 Å². The smallest absolute Gasteiger partial charge is 0.319 e. The molecule has 0 heterocycles. The molecule has 0 bridgehead atoms. The molecule has 0 aromatic heterocycles. The van der Waals surface area contributed by atoms with Gasteiger partial charge in [0.15, 0.2) is 11.5 Å². The summed E-state index contributed by atoms with van der Waals surface area (Å²) >= 11 is 1.85. The SMILES string of the molecule is CCC(C)Sc1ccc(NC(=O)NCCc2ccc(OC)c(OC)c2)c(C)c1. The van der Waals surface area contributed by atoms with Crippen molar-refractivity contribution in [3.8, 4) is 11.5 Å². The molecule has 5 nitrogen and oxygen atoms in total. The Labute approximate surface area is 172 Å². The molecule has 2 rings (SSSR count). The second-order valence-corrected chi connectivity index (χ2v) is 8.15. The van der Waals surface area contributed by atoms with E-state index in [0.29, 0.717) is 29.7 Å². The molecule has 0 spiro atoms. The number of aryl methyl sites for hydroxylation is 1. The highest BCUT2D eigenvalue weighted by Crippen LogP contribution is 2.29. The quantitative estimate of drug-likeness (QED) is 0.561. The summed E-state index contributed by atoms with van der Waals surface area (Å²) in [6.07, 6.45) is 1.84. The zero-order valence-corrected chi connectivity index (χ0v) is 18.1. The summed E-state index contributed by atoms with van der Waals surface area (Å²) in [6, 6.07) is 11.7. The largest absolute Gasteiger partial charge is 0.493 e. The number of rotatable bonds is 9. The van der Waals surface area contributed by atoms with E-state index in [-0.39, 0.29) is 6.03 Å². The van der Waals surface area contributed by atoms with E-state index in [1.807, 2.05) is 43.0 Å². The lowest BCUT2D eigenvalue weighted by Crippen LogP contribution is -2.30. The van der Waals surface area contributed by atoms with E-state index in [4.69, 9.17) is 9.47 Å². The molecule has 2 aromatic carbocycles. The van der Waals surface area contributed by atoms with Crippen molar-refractivity contribution in [3.05, 3.63) is 47.5 Å². The van der Waals surface area contributed by atoms with Crippen molar-refractivity contribution >= 4 is 23.5 Å². The molecule has 0 aliphatic heterocycles. The van der Waals surface area contributed by atoms with E-state index in [1.54, 1.807) is 14.2 Å². The van der Waals surface area contributed by atoms with Crippen LogP contribution in [-0.4, -0.2) is 32.0 Å². The van der Waals surface area contributed by atoms with Gasteiger partial charge in [-0.2, -0.15) is 0 Å². The molecule has 0 saturated carbocycles. The Kier molecular flexibility index (Phi) is 8.51. The molecular weight excluding hydrogens is 372 g/mol. The minimum Gasteiger partial charge on any atom is -0.493 e. The molecule has 0 fully saturated rings. The van der Waals surface area contributed by atoms with Gasteiger partial charge < -0.3 is 20.1 Å². The van der Waals surface area contributed by atoms with E-state index in [9.17, 15) is 4.79 Å². The van der Waals surface area contributed by atoms with Crippen LogP contribution in [0.4, 0.5) is 10.5 Å². The van der Waals surface area contributed by atoms with E-state index in [2.05, 4.69) is 36.6 Å². The normalized spacial score (nSPS) is 11.6. The Morgan fingerprint density at radius 2 is 1.86 bits per heavy atom. The van der Waals surface area contributed by atoms with E-state index >= 15 is 0 Å². The van der Waals surface area contributed by atoms with Crippen LogP contribution >= 0.6 is 11.8 Å². The van der Waals surface area contributed by atoms with Crippen LogP contribution in [0.3, 0.4) is 0 Å². The molecule has 0 radical (unpaired) electrons. The summed E-state index contributed by atoms with van der Waals surface area (Å²) in [6.45, 7) is 6.95.